The molecule has 1 aliphatic heterocycles. The third-order valence-corrected chi connectivity index (χ3v) is 6.12. The van der Waals surface area contributed by atoms with E-state index in [2.05, 4.69) is 11.8 Å². The molecule has 30 heavy (non-hydrogen) atoms. The van der Waals surface area contributed by atoms with Gasteiger partial charge >= 0.3 is 0 Å². The topological polar surface area (TPSA) is 40.6 Å². The number of ketones is 1. The molecular weight excluding hydrogens is 396 g/mol. The van der Waals surface area contributed by atoms with Crippen LogP contribution in [0.4, 0.5) is 0 Å². The molecule has 3 rings (SSSR count). The maximum absolute atomic E-state index is 13.0. The number of likely N-dealkylation sites (tertiary alicyclic amines) is 1. The molecule has 0 radical (unpaired) electrons. The van der Waals surface area contributed by atoms with Gasteiger partial charge < -0.3 is 9.80 Å². The standard InChI is InChI=1S/C25H31ClN2O2/c1-20-13-15-27(16-14-20)17-18-28(19-21-7-9-23(26)10-8-21)25(30)12-11-24(29)22-5-3-2-4-6-22/h2-10,20H,11-19H2,1H3. The number of Topliss-reactive ketones (excluding diaryl/α,β-unsaturated/α-hetero) is 1. The van der Waals surface area contributed by atoms with Crippen LogP contribution in [0, 0.1) is 5.92 Å². The fraction of sp³-hybridized carbons (Fsp3) is 0.440. The van der Waals surface area contributed by atoms with Crippen molar-refractivity contribution in [3.05, 3.63) is 70.7 Å². The van der Waals surface area contributed by atoms with Crippen LogP contribution in [0.2, 0.25) is 5.02 Å². The number of halogens is 1. The highest BCUT2D eigenvalue weighted by molar-refractivity contribution is 6.30. The van der Waals surface area contributed by atoms with E-state index in [1.165, 1.54) is 12.8 Å². The van der Waals surface area contributed by atoms with Gasteiger partial charge in [0.25, 0.3) is 0 Å². The molecule has 1 saturated heterocycles. The Hall–Kier alpha value is -2.17. The van der Waals surface area contributed by atoms with Gasteiger partial charge in [0.2, 0.25) is 5.91 Å². The van der Waals surface area contributed by atoms with Crippen molar-refractivity contribution in [2.24, 2.45) is 5.92 Å². The number of piperidine rings is 1. The van der Waals surface area contributed by atoms with E-state index >= 15 is 0 Å². The highest BCUT2D eigenvalue weighted by Gasteiger charge is 2.20. The SMILES string of the molecule is CC1CCN(CCN(Cc2ccc(Cl)cc2)C(=O)CCC(=O)c2ccccc2)CC1. The number of benzene rings is 2. The molecule has 0 unspecified atom stereocenters. The number of carbonyl (C=O) groups is 2. The fourth-order valence-corrected chi connectivity index (χ4v) is 3.92. The van der Waals surface area contributed by atoms with E-state index in [9.17, 15) is 9.59 Å². The Morgan fingerprint density at radius 3 is 2.33 bits per heavy atom. The molecule has 1 amide bonds. The normalized spacial score (nSPS) is 15.1. The van der Waals surface area contributed by atoms with Gasteiger partial charge in [0.15, 0.2) is 5.78 Å². The lowest BCUT2D eigenvalue weighted by molar-refractivity contribution is -0.132. The number of hydrogen-bond donors (Lipinski definition) is 0. The first-order chi connectivity index (χ1) is 14.5. The molecule has 0 atom stereocenters. The molecule has 1 fully saturated rings. The highest BCUT2D eigenvalue weighted by Crippen LogP contribution is 2.17. The molecular formula is C25H31ClN2O2. The minimum atomic E-state index is 0.0143. The second kappa shape index (κ2) is 11.3. The smallest absolute Gasteiger partial charge is 0.223 e. The van der Waals surface area contributed by atoms with Crippen molar-refractivity contribution in [3.63, 3.8) is 0 Å². The van der Waals surface area contributed by atoms with E-state index in [4.69, 9.17) is 11.6 Å². The molecule has 5 heteroatoms. The summed E-state index contributed by atoms with van der Waals surface area (Å²) in [7, 11) is 0. The van der Waals surface area contributed by atoms with Crippen LogP contribution in [0.1, 0.15) is 48.5 Å². The zero-order chi connectivity index (χ0) is 21.3. The molecule has 1 aliphatic rings. The van der Waals surface area contributed by atoms with E-state index in [1.54, 1.807) is 12.1 Å². The summed E-state index contributed by atoms with van der Waals surface area (Å²) >= 11 is 6.00. The van der Waals surface area contributed by atoms with E-state index in [1.807, 2.05) is 47.4 Å². The zero-order valence-corrected chi connectivity index (χ0v) is 18.5. The monoisotopic (exact) mass is 426 g/mol. The van der Waals surface area contributed by atoms with Crippen molar-refractivity contribution in [1.29, 1.82) is 0 Å². The molecule has 0 spiro atoms. The van der Waals surface area contributed by atoms with E-state index < -0.39 is 0 Å². The van der Waals surface area contributed by atoms with E-state index in [-0.39, 0.29) is 24.5 Å². The Bertz CT molecular complexity index is 815. The molecule has 0 aromatic heterocycles. The first-order valence-electron chi connectivity index (χ1n) is 10.8. The third-order valence-electron chi connectivity index (χ3n) is 5.86. The van der Waals surface area contributed by atoms with Crippen LogP contribution in [0.25, 0.3) is 0 Å². The molecule has 4 nitrogen and oxygen atoms in total. The van der Waals surface area contributed by atoms with Gasteiger partial charge in [0.05, 0.1) is 0 Å². The van der Waals surface area contributed by atoms with Gasteiger partial charge in [0, 0.05) is 43.1 Å². The number of amides is 1. The summed E-state index contributed by atoms with van der Waals surface area (Å²) in [5.74, 6) is 0.831. The summed E-state index contributed by atoms with van der Waals surface area (Å²) in [5.41, 5.74) is 1.71. The van der Waals surface area contributed by atoms with Crippen molar-refractivity contribution < 1.29 is 9.59 Å². The maximum Gasteiger partial charge on any atom is 0.223 e. The molecule has 0 bridgehead atoms. The summed E-state index contributed by atoms with van der Waals surface area (Å²) in [6.07, 6.45) is 2.91. The van der Waals surface area contributed by atoms with Gasteiger partial charge in [-0.1, -0.05) is 61.0 Å². The van der Waals surface area contributed by atoms with Crippen LogP contribution >= 0.6 is 11.6 Å². The average Bonchev–Trinajstić information content (AvgIpc) is 2.77. The van der Waals surface area contributed by atoms with Crippen LogP contribution in [-0.2, 0) is 11.3 Å². The second-order valence-corrected chi connectivity index (χ2v) is 8.69. The third kappa shape index (κ3) is 6.96. The number of rotatable bonds is 9. The van der Waals surface area contributed by atoms with Crippen LogP contribution in [-0.4, -0.2) is 47.7 Å². The van der Waals surface area contributed by atoms with Gasteiger partial charge in [-0.15, -0.1) is 0 Å². The summed E-state index contributed by atoms with van der Waals surface area (Å²) in [5, 5.41) is 0.688. The Morgan fingerprint density at radius 1 is 1.00 bits per heavy atom. The molecule has 2 aromatic carbocycles. The first-order valence-corrected chi connectivity index (χ1v) is 11.2. The largest absolute Gasteiger partial charge is 0.337 e. The van der Waals surface area contributed by atoms with Crippen LogP contribution < -0.4 is 0 Å². The van der Waals surface area contributed by atoms with Crippen molar-refractivity contribution in [3.8, 4) is 0 Å². The summed E-state index contributed by atoms with van der Waals surface area (Å²) in [4.78, 5) is 29.7. The van der Waals surface area contributed by atoms with E-state index in [0.717, 1.165) is 31.1 Å². The number of nitrogens with zero attached hydrogens (tertiary/aromatic N) is 2. The summed E-state index contributed by atoms with van der Waals surface area (Å²) < 4.78 is 0. The predicted molar refractivity (Wildman–Crippen MR) is 122 cm³/mol. The number of carbonyl (C=O) groups excluding carboxylic acids is 2. The van der Waals surface area contributed by atoms with Crippen LogP contribution in [0.3, 0.4) is 0 Å². The van der Waals surface area contributed by atoms with Crippen LogP contribution in [0.15, 0.2) is 54.6 Å². The lowest BCUT2D eigenvalue weighted by Crippen LogP contribution is -2.41. The van der Waals surface area contributed by atoms with Crippen molar-refractivity contribution >= 4 is 23.3 Å². The Labute approximate surface area is 184 Å². The van der Waals surface area contributed by atoms with Gasteiger partial charge in [0.1, 0.15) is 0 Å². The lowest BCUT2D eigenvalue weighted by atomic mass is 9.99. The van der Waals surface area contributed by atoms with Crippen molar-refractivity contribution in [2.45, 2.75) is 39.2 Å². The first kappa shape index (κ1) is 22.5. The summed E-state index contributed by atoms with van der Waals surface area (Å²) in [6, 6.07) is 16.8. The van der Waals surface area contributed by atoms with Gasteiger partial charge in [-0.05, 0) is 49.5 Å². The molecule has 1 heterocycles. The van der Waals surface area contributed by atoms with Gasteiger partial charge in [-0.25, -0.2) is 0 Å². The fourth-order valence-electron chi connectivity index (χ4n) is 3.80. The average molecular weight is 427 g/mol. The van der Waals surface area contributed by atoms with Crippen molar-refractivity contribution in [1.82, 2.24) is 9.80 Å². The summed E-state index contributed by atoms with van der Waals surface area (Å²) in [6.45, 7) is 6.58. The number of hydrogen-bond acceptors (Lipinski definition) is 3. The minimum absolute atomic E-state index is 0.0143. The van der Waals surface area contributed by atoms with E-state index in [0.29, 0.717) is 23.7 Å². The quantitative estimate of drug-likeness (QED) is 0.526. The predicted octanol–water partition coefficient (Wildman–Crippen LogP) is 5.06. The molecule has 160 valence electrons. The Balaban J connectivity index is 1.59. The minimum Gasteiger partial charge on any atom is -0.337 e. The zero-order valence-electron chi connectivity index (χ0n) is 17.7. The van der Waals surface area contributed by atoms with Crippen LogP contribution in [0.5, 0.6) is 0 Å². The molecule has 0 N–H and O–H groups in total. The molecule has 2 aromatic rings. The maximum atomic E-state index is 13.0. The Kier molecular flexibility index (Phi) is 8.47. The van der Waals surface area contributed by atoms with Gasteiger partial charge in [-0.2, -0.15) is 0 Å². The Morgan fingerprint density at radius 2 is 1.67 bits per heavy atom. The second-order valence-electron chi connectivity index (χ2n) is 8.26. The highest BCUT2D eigenvalue weighted by atomic mass is 35.5. The molecule has 0 aliphatic carbocycles. The lowest BCUT2D eigenvalue weighted by Gasteiger charge is -2.32. The van der Waals surface area contributed by atoms with Crippen molar-refractivity contribution in [2.75, 3.05) is 26.2 Å². The molecule has 0 saturated carbocycles. The van der Waals surface area contributed by atoms with Gasteiger partial charge in [-0.3, -0.25) is 9.59 Å².